The fourth-order valence-corrected chi connectivity index (χ4v) is 0.802. The molecule has 3 N–H and O–H groups in total. The first-order valence-corrected chi connectivity index (χ1v) is 2.71. The molecule has 0 amide bonds. The van der Waals surface area contributed by atoms with Crippen molar-refractivity contribution in [2.45, 2.75) is 19.3 Å². The molecular formula is C5H13KNO. The molecule has 1 radical (unpaired) electrons. The first kappa shape index (κ1) is 12.3. The van der Waals surface area contributed by atoms with E-state index in [1.165, 1.54) is 32.4 Å². The van der Waals surface area contributed by atoms with Crippen LogP contribution in [0.2, 0.25) is 0 Å². The molecule has 1 rings (SSSR count). The van der Waals surface area contributed by atoms with Crippen molar-refractivity contribution in [2.24, 2.45) is 0 Å². The number of nitrogens with one attached hydrogen (secondary N) is 1. The molecule has 0 aromatic heterocycles. The summed E-state index contributed by atoms with van der Waals surface area (Å²) in [6.07, 6.45) is 4.22. The van der Waals surface area contributed by atoms with E-state index in [1.807, 2.05) is 0 Å². The predicted octanol–water partition coefficient (Wildman–Crippen LogP) is -0.446. The molecule has 1 saturated heterocycles. The quantitative estimate of drug-likeness (QED) is 0.458. The molecule has 3 heteroatoms. The van der Waals surface area contributed by atoms with Crippen molar-refractivity contribution < 1.29 is 5.48 Å². The van der Waals surface area contributed by atoms with Crippen molar-refractivity contribution in [3.63, 3.8) is 0 Å². The van der Waals surface area contributed by atoms with E-state index >= 15 is 0 Å². The zero-order chi connectivity index (χ0) is 4.24. The second-order valence-electron chi connectivity index (χ2n) is 1.81. The molecule has 8 heavy (non-hydrogen) atoms. The summed E-state index contributed by atoms with van der Waals surface area (Å²) in [5.41, 5.74) is 0. The maximum Gasteiger partial charge on any atom is 0 e. The molecule has 45 valence electrons. The van der Waals surface area contributed by atoms with Gasteiger partial charge in [0.15, 0.2) is 0 Å². The summed E-state index contributed by atoms with van der Waals surface area (Å²) in [4.78, 5) is 0. The molecule has 0 spiro atoms. The van der Waals surface area contributed by atoms with Gasteiger partial charge in [-0.15, -0.1) is 0 Å². The summed E-state index contributed by atoms with van der Waals surface area (Å²) in [5, 5.41) is 3.28. The van der Waals surface area contributed by atoms with E-state index in [4.69, 9.17) is 0 Å². The third-order valence-corrected chi connectivity index (χ3v) is 1.21. The average Bonchev–Trinajstić information content (AvgIpc) is 1.72. The first-order chi connectivity index (χ1) is 3.00. The van der Waals surface area contributed by atoms with Gasteiger partial charge >= 0.3 is 0 Å². The Hall–Kier alpha value is 1.56. The molecule has 1 aliphatic rings. The topological polar surface area (TPSA) is 43.5 Å². The Morgan fingerprint density at radius 1 is 0.875 bits per heavy atom. The molecule has 0 saturated carbocycles. The molecule has 0 aliphatic carbocycles. The maximum absolute atomic E-state index is 3.28. The van der Waals surface area contributed by atoms with Gasteiger partial charge in [0.25, 0.3) is 0 Å². The van der Waals surface area contributed by atoms with Crippen LogP contribution in [0.1, 0.15) is 19.3 Å². The Balaban J connectivity index is 0. The van der Waals surface area contributed by atoms with Gasteiger partial charge in [-0.3, -0.25) is 0 Å². The van der Waals surface area contributed by atoms with Gasteiger partial charge in [0.05, 0.1) is 0 Å². The summed E-state index contributed by atoms with van der Waals surface area (Å²) >= 11 is 0. The summed E-state index contributed by atoms with van der Waals surface area (Å²) < 4.78 is 0. The molecule has 0 unspecified atom stereocenters. The molecule has 0 bridgehead atoms. The molecule has 1 fully saturated rings. The molecule has 0 aromatic carbocycles. The van der Waals surface area contributed by atoms with Crippen LogP contribution in [0.3, 0.4) is 0 Å². The fraction of sp³-hybridized carbons (Fsp3) is 1.00. The Morgan fingerprint density at radius 3 is 1.50 bits per heavy atom. The van der Waals surface area contributed by atoms with Crippen molar-refractivity contribution in [1.29, 1.82) is 0 Å². The minimum Gasteiger partial charge on any atom is -0.412 e. The van der Waals surface area contributed by atoms with Crippen LogP contribution in [0, 0.1) is 0 Å². The van der Waals surface area contributed by atoms with Crippen molar-refractivity contribution in [1.82, 2.24) is 5.32 Å². The van der Waals surface area contributed by atoms with Gasteiger partial charge < -0.3 is 10.8 Å². The zero-order valence-corrected chi connectivity index (χ0v) is 8.66. The van der Waals surface area contributed by atoms with Crippen LogP contribution < -0.4 is 5.32 Å². The summed E-state index contributed by atoms with van der Waals surface area (Å²) in [7, 11) is 0. The maximum atomic E-state index is 3.28. The van der Waals surface area contributed by atoms with Gasteiger partial charge in [0.1, 0.15) is 0 Å². The van der Waals surface area contributed by atoms with Crippen LogP contribution in [0.15, 0.2) is 0 Å². The van der Waals surface area contributed by atoms with E-state index in [9.17, 15) is 0 Å². The zero-order valence-electron chi connectivity index (χ0n) is 5.54. The van der Waals surface area contributed by atoms with Gasteiger partial charge in [-0.1, -0.05) is 6.42 Å². The van der Waals surface area contributed by atoms with E-state index in [2.05, 4.69) is 5.32 Å². The average molecular weight is 142 g/mol. The number of hydrogen-bond acceptors (Lipinski definition) is 1. The summed E-state index contributed by atoms with van der Waals surface area (Å²) in [6.45, 7) is 2.50. The van der Waals surface area contributed by atoms with E-state index in [0.717, 1.165) is 0 Å². The van der Waals surface area contributed by atoms with Gasteiger partial charge in [0, 0.05) is 51.4 Å². The Morgan fingerprint density at radius 2 is 1.38 bits per heavy atom. The monoisotopic (exact) mass is 142 g/mol. The van der Waals surface area contributed by atoms with Gasteiger partial charge in [0.2, 0.25) is 0 Å². The molecule has 2 nitrogen and oxygen atoms in total. The Kier molecular flexibility index (Phi) is 13.1. The van der Waals surface area contributed by atoms with Crippen LogP contribution in [-0.2, 0) is 0 Å². The second kappa shape index (κ2) is 8.56. The standard InChI is InChI=1S/C5H11N.K.H2O/c1-2-4-6-5-3-1;;/h6H,1-5H2;;1H2. The fourth-order valence-electron chi connectivity index (χ4n) is 0.802. The van der Waals surface area contributed by atoms with Crippen molar-refractivity contribution in [3.05, 3.63) is 0 Å². The third kappa shape index (κ3) is 5.69. The van der Waals surface area contributed by atoms with Crippen LogP contribution in [0.4, 0.5) is 0 Å². The van der Waals surface area contributed by atoms with Crippen LogP contribution in [0.25, 0.3) is 0 Å². The predicted molar refractivity (Wildman–Crippen MR) is 36.1 cm³/mol. The summed E-state index contributed by atoms with van der Waals surface area (Å²) in [6, 6.07) is 0. The minimum absolute atomic E-state index is 0. The third-order valence-electron chi connectivity index (χ3n) is 1.21. The van der Waals surface area contributed by atoms with E-state index in [0.29, 0.717) is 0 Å². The first-order valence-electron chi connectivity index (χ1n) is 2.71. The number of piperidine rings is 1. The Bertz CT molecular complexity index is 27.9. The second-order valence-corrected chi connectivity index (χ2v) is 1.81. The van der Waals surface area contributed by atoms with Crippen molar-refractivity contribution in [2.75, 3.05) is 13.1 Å². The van der Waals surface area contributed by atoms with Crippen molar-refractivity contribution in [3.8, 4) is 0 Å². The van der Waals surface area contributed by atoms with Crippen LogP contribution >= 0.6 is 0 Å². The number of hydrogen-bond donors (Lipinski definition) is 1. The van der Waals surface area contributed by atoms with E-state index in [1.54, 1.807) is 0 Å². The van der Waals surface area contributed by atoms with E-state index < -0.39 is 0 Å². The Labute approximate surface area is 93.1 Å². The van der Waals surface area contributed by atoms with E-state index in [-0.39, 0.29) is 56.9 Å². The van der Waals surface area contributed by atoms with Crippen LogP contribution in [0.5, 0.6) is 0 Å². The van der Waals surface area contributed by atoms with Crippen LogP contribution in [-0.4, -0.2) is 70.0 Å². The molecule has 0 atom stereocenters. The minimum atomic E-state index is 0. The van der Waals surface area contributed by atoms with Gasteiger partial charge in [-0.2, -0.15) is 0 Å². The smallest absolute Gasteiger partial charge is 0 e. The normalized spacial score (nSPS) is 18.0. The SMILES string of the molecule is C1CCNCC1.O.[K]. The van der Waals surface area contributed by atoms with Crippen molar-refractivity contribution >= 4 is 51.4 Å². The molecule has 0 aromatic rings. The largest absolute Gasteiger partial charge is 0.412 e. The summed E-state index contributed by atoms with van der Waals surface area (Å²) in [5.74, 6) is 0. The van der Waals surface area contributed by atoms with Gasteiger partial charge in [-0.05, 0) is 25.9 Å². The molecule has 1 aliphatic heterocycles. The number of rotatable bonds is 0. The molecule has 1 heterocycles. The van der Waals surface area contributed by atoms with Gasteiger partial charge in [-0.25, -0.2) is 0 Å². The molecular weight excluding hydrogens is 129 g/mol.